The van der Waals surface area contributed by atoms with Gasteiger partial charge in [-0.3, -0.25) is 4.18 Å². The highest BCUT2D eigenvalue weighted by Crippen LogP contribution is 2.25. The zero-order valence-electron chi connectivity index (χ0n) is 6.26. The van der Waals surface area contributed by atoms with E-state index in [-0.39, 0.29) is 0 Å². The molecule has 3 nitrogen and oxygen atoms in total. The van der Waals surface area contributed by atoms with Crippen LogP contribution in [0, 0.1) is 0 Å². The Bertz CT molecular complexity index is 269. The molecule has 0 spiro atoms. The zero-order valence-corrected chi connectivity index (χ0v) is 7.08. The molecule has 0 saturated heterocycles. The van der Waals surface area contributed by atoms with E-state index in [4.69, 9.17) is 0 Å². The first-order valence-corrected chi connectivity index (χ1v) is 4.36. The lowest BCUT2D eigenvalue weighted by Crippen LogP contribution is -2.29. The summed E-state index contributed by atoms with van der Waals surface area (Å²) in [6.07, 6.45) is -6.68. The van der Waals surface area contributed by atoms with Gasteiger partial charge in [0.2, 0.25) is 0 Å². The fourth-order valence-electron chi connectivity index (χ4n) is 0.294. The minimum Gasteiger partial charge on any atom is -0.260 e. The predicted octanol–water partition coefficient (Wildman–Crippen LogP) is 1.46. The molecule has 0 rings (SSSR count). The van der Waals surface area contributed by atoms with Crippen molar-refractivity contribution in [2.75, 3.05) is 6.61 Å². The van der Waals surface area contributed by atoms with Crippen molar-refractivity contribution in [3.63, 3.8) is 0 Å². The number of hydrogen-bond donors (Lipinski definition) is 0. The van der Waals surface area contributed by atoms with Crippen LogP contribution in [0.5, 0.6) is 0 Å². The van der Waals surface area contributed by atoms with E-state index in [9.17, 15) is 34.8 Å². The highest BCUT2D eigenvalue weighted by Gasteiger charge is 2.47. The maximum absolute atomic E-state index is 11.9. The molecule has 0 aromatic carbocycles. The fourth-order valence-corrected chi connectivity index (χ4v) is 0.737. The second kappa shape index (κ2) is 4.34. The van der Waals surface area contributed by atoms with E-state index >= 15 is 0 Å². The van der Waals surface area contributed by atoms with Gasteiger partial charge in [0.15, 0.2) is 6.17 Å². The summed E-state index contributed by atoms with van der Waals surface area (Å²) < 4.78 is 92.1. The van der Waals surface area contributed by atoms with E-state index in [2.05, 4.69) is 4.18 Å². The van der Waals surface area contributed by atoms with Crippen LogP contribution >= 0.6 is 0 Å². The molecule has 0 radical (unpaired) electrons. The minimum atomic E-state index is -6.00. The molecule has 0 aliphatic rings. The van der Waals surface area contributed by atoms with Gasteiger partial charge in [-0.25, -0.2) is 13.2 Å². The van der Waals surface area contributed by atoms with Crippen LogP contribution in [0.3, 0.4) is 0 Å². The summed E-state index contributed by atoms with van der Waals surface area (Å²) in [4.78, 5) is 0. The monoisotopic (exact) mass is 246 g/mol. The van der Waals surface area contributed by atoms with Crippen LogP contribution in [-0.4, -0.2) is 33.1 Å². The Balaban J connectivity index is 4.29. The molecule has 14 heavy (non-hydrogen) atoms. The minimum absolute atomic E-state index is 1.86. The van der Waals surface area contributed by atoms with Gasteiger partial charge >= 0.3 is 15.6 Å². The summed E-state index contributed by atoms with van der Waals surface area (Å²) in [5.74, 6) is 0. The quantitative estimate of drug-likeness (QED) is 0.428. The molecule has 0 amide bonds. The molecule has 1 unspecified atom stereocenters. The van der Waals surface area contributed by atoms with Gasteiger partial charge in [-0.05, 0) is 0 Å². The Hall–Kier alpha value is -0.510. The first-order chi connectivity index (χ1) is 6.08. The van der Waals surface area contributed by atoms with E-state index in [0.717, 1.165) is 0 Å². The van der Waals surface area contributed by atoms with Crippen molar-refractivity contribution in [3.8, 4) is 0 Å². The van der Waals surface area contributed by atoms with Crippen LogP contribution in [0.25, 0.3) is 0 Å². The third kappa shape index (κ3) is 3.70. The van der Waals surface area contributed by atoms with Gasteiger partial charge < -0.3 is 0 Å². The molecular weight excluding hydrogens is 242 g/mol. The van der Waals surface area contributed by atoms with Crippen molar-refractivity contribution in [1.82, 2.24) is 0 Å². The lowest BCUT2D eigenvalue weighted by Gasteiger charge is -2.10. The number of alkyl halides is 6. The van der Waals surface area contributed by atoms with Gasteiger partial charge in [0, 0.05) is 0 Å². The summed E-state index contributed by atoms with van der Waals surface area (Å²) in [7, 11) is -6.00. The van der Waals surface area contributed by atoms with Gasteiger partial charge in [0.25, 0.3) is 6.43 Å². The van der Waals surface area contributed by atoms with Gasteiger partial charge in [0.1, 0.15) is 6.61 Å². The van der Waals surface area contributed by atoms with Gasteiger partial charge in [-0.15, -0.1) is 0 Å². The lowest BCUT2D eigenvalue weighted by atomic mass is 10.4. The molecular formula is C4H4F6O3S. The van der Waals surface area contributed by atoms with E-state index in [1.54, 1.807) is 0 Å². The summed E-state index contributed by atoms with van der Waals surface area (Å²) >= 11 is 0. The van der Waals surface area contributed by atoms with E-state index in [1.165, 1.54) is 0 Å². The van der Waals surface area contributed by atoms with Crippen LogP contribution in [-0.2, 0) is 14.3 Å². The molecule has 0 aromatic heterocycles. The van der Waals surface area contributed by atoms with Crippen molar-refractivity contribution in [2.24, 2.45) is 0 Å². The smallest absolute Gasteiger partial charge is 0.260 e. The van der Waals surface area contributed by atoms with Crippen molar-refractivity contribution >= 4 is 10.1 Å². The summed E-state index contributed by atoms with van der Waals surface area (Å²) in [5.41, 5.74) is -5.74. The van der Waals surface area contributed by atoms with E-state index < -0.39 is 34.8 Å². The van der Waals surface area contributed by atoms with Crippen LogP contribution < -0.4 is 0 Å². The Morgan fingerprint density at radius 3 is 1.86 bits per heavy atom. The number of rotatable bonds is 4. The first kappa shape index (κ1) is 13.5. The average molecular weight is 246 g/mol. The molecule has 0 bridgehead atoms. The topological polar surface area (TPSA) is 43.4 Å². The van der Waals surface area contributed by atoms with Crippen LogP contribution in [0.15, 0.2) is 0 Å². The number of halogens is 6. The number of hydrogen-bond acceptors (Lipinski definition) is 3. The van der Waals surface area contributed by atoms with Gasteiger partial charge in [-0.1, -0.05) is 0 Å². The summed E-state index contributed by atoms with van der Waals surface area (Å²) in [6, 6.07) is 0. The predicted molar refractivity (Wildman–Crippen MR) is 31.8 cm³/mol. The van der Waals surface area contributed by atoms with Crippen LogP contribution in [0.2, 0.25) is 0 Å². The average Bonchev–Trinajstić information content (AvgIpc) is 1.97. The molecule has 0 fully saturated rings. The maximum Gasteiger partial charge on any atom is 0.523 e. The fraction of sp³-hybridized carbons (Fsp3) is 1.00. The SMILES string of the molecule is O=S(=O)(OCC(F)C(F)F)C(F)(F)F. The van der Waals surface area contributed by atoms with Gasteiger partial charge in [-0.2, -0.15) is 21.6 Å². The normalized spacial score (nSPS) is 15.9. The third-order valence-corrected chi connectivity index (χ3v) is 1.95. The van der Waals surface area contributed by atoms with Crippen molar-refractivity contribution in [3.05, 3.63) is 0 Å². The van der Waals surface area contributed by atoms with Crippen LogP contribution in [0.4, 0.5) is 26.3 Å². The Labute approximate surface area is 74.8 Å². The Morgan fingerprint density at radius 2 is 1.57 bits per heavy atom. The second-order valence-corrected chi connectivity index (χ2v) is 3.64. The Kier molecular flexibility index (Phi) is 4.18. The largest absolute Gasteiger partial charge is 0.523 e. The maximum atomic E-state index is 11.9. The van der Waals surface area contributed by atoms with Crippen LogP contribution in [0.1, 0.15) is 0 Å². The second-order valence-electron chi connectivity index (χ2n) is 2.03. The van der Waals surface area contributed by atoms with Crippen molar-refractivity contribution < 1.29 is 38.9 Å². The lowest BCUT2D eigenvalue weighted by molar-refractivity contribution is -0.0582. The Morgan fingerprint density at radius 1 is 1.14 bits per heavy atom. The molecule has 0 N–H and O–H groups in total. The summed E-state index contributed by atoms with van der Waals surface area (Å²) in [6.45, 7) is -1.86. The first-order valence-electron chi connectivity index (χ1n) is 2.96. The molecule has 0 aliphatic heterocycles. The molecule has 0 aliphatic carbocycles. The van der Waals surface area contributed by atoms with E-state index in [0.29, 0.717) is 0 Å². The van der Waals surface area contributed by atoms with E-state index in [1.807, 2.05) is 0 Å². The molecule has 0 saturated carbocycles. The summed E-state index contributed by atoms with van der Waals surface area (Å²) in [5, 5.41) is 0. The highest BCUT2D eigenvalue weighted by molar-refractivity contribution is 7.87. The molecule has 0 heterocycles. The van der Waals surface area contributed by atoms with Crippen molar-refractivity contribution in [1.29, 1.82) is 0 Å². The standard InChI is InChI=1S/C4H4F6O3S/c5-2(3(6)7)1-13-14(11,12)4(8,9)10/h2-3H,1H2. The molecule has 10 heteroatoms. The van der Waals surface area contributed by atoms with Crippen molar-refractivity contribution in [2.45, 2.75) is 18.1 Å². The highest BCUT2D eigenvalue weighted by atomic mass is 32.2. The third-order valence-electron chi connectivity index (χ3n) is 0.939. The molecule has 1 atom stereocenters. The molecule has 86 valence electrons. The van der Waals surface area contributed by atoms with Gasteiger partial charge in [0.05, 0.1) is 0 Å². The molecule has 0 aromatic rings. The zero-order chi connectivity index (χ0) is 11.6.